The Hall–Kier alpha value is -3.22. The van der Waals surface area contributed by atoms with E-state index < -0.39 is 0 Å². The summed E-state index contributed by atoms with van der Waals surface area (Å²) in [6, 6.07) is 13.3. The summed E-state index contributed by atoms with van der Waals surface area (Å²) >= 11 is 0. The molecule has 0 saturated carbocycles. The van der Waals surface area contributed by atoms with Gasteiger partial charge in [0.2, 0.25) is 0 Å². The maximum Gasteiger partial charge on any atom is 0.251 e. The van der Waals surface area contributed by atoms with E-state index in [0.717, 1.165) is 30.2 Å². The van der Waals surface area contributed by atoms with E-state index in [9.17, 15) is 4.79 Å². The number of rotatable bonds is 10. The van der Waals surface area contributed by atoms with Crippen molar-refractivity contribution in [2.24, 2.45) is 4.99 Å². The van der Waals surface area contributed by atoms with E-state index in [4.69, 9.17) is 9.47 Å². The summed E-state index contributed by atoms with van der Waals surface area (Å²) < 4.78 is 10.5. The first-order valence-corrected chi connectivity index (χ1v) is 10.1. The van der Waals surface area contributed by atoms with Crippen LogP contribution in [-0.2, 0) is 6.42 Å². The SMILES string of the molecule is CCNC(=NCCc1ccc(C)c(OC)c1)NCCNC(=O)c1cccc(OC)c1. The minimum atomic E-state index is -0.133. The highest BCUT2D eigenvalue weighted by atomic mass is 16.5. The van der Waals surface area contributed by atoms with Gasteiger partial charge in [-0.25, -0.2) is 0 Å². The van der Waals surface area contributed by atoms with Crippen LogP contribution >= 0.6 is 0 Å². The fourth-order valence-electron chi connectivity index (χ4n) is 2.88. The zero-order chi connectivity index (χ0) is 21.8. The zero-order valence-corrected chi connectivity index (χ0v) is 18.2. The van der Waals surface area contributed by atoms with Crippen LogP contribution in [0, 0.1) is 6.92 Å². The van der Waals surface area contributed by atoms with Gasteiger partial charge in [-0.05, 0) is 55.7 Å². The molecule has 0 saturated heterocycles. The standard InChI is InChI=1S/C23H32N4O3/c1-5-24-23(26-12-11-18-10-9-17(2)21(15-18)30-4)27-14-13-25-22(28)19-7-6-8-20(16-19)29-3/h6-10,15-16H,5,11-14H2,1-4H3,(H,25,28)(H2,24,26,27). The van der Waals surface area contributed by atoms with Gasteiger partial charge in [0.1, 0.15) is 11.5 Å². The molecule has 0 aliphatic carbocycles. The second-order valence-electron chi connectivity index (χ2n) is 6.73. The van der Waals surface area contributed by atoms with Gasteiger partial charge in [-0.15, -0.1) is 0 Å². The molecule has 0 aromatic heterocycles. The number of nitrogens with one attached hydrogen (secondary N) is 3. The van der Waals surface area contributed by atoms with Crippen LogP contribution in [0.25, 0.3) is 0 Å². The maximum absolute atomic E-state index is 12.2. The molecule has 0 aliphatic heterocycles. The molecule has 162 valence electrons. The second-order valence-corrected chi connectivity index (χ2v) is 6.73. The molecule has 30 heavy (non-hydrogen) atoms. The minimum Gasteiger partial charge on any atom is -0.497 e. The van der Waals surface area contributed by atoms with Crippen LogP contribution in [0.15, 0.2) is 47.5 Å². The van der Waals surface area contributed by atoms with Gasteiger partial charge < -0.3 is 25.4 Å². The summed E-state index contributed by atoms with van der Waals surface area (Å²) in [6.07, 6.45) is 0.819. The minimum absolute atomic E-state index is 0.133. The molecule has 0 radical (unpaired) electrons. The average molecular weight is 413 g/mol. The normalized spacial score (nSPS) is 11.0. The van der Waals surface area contributed by atoms with E-state index in [-0.39, 0.29) is 5.91 Å². The van der Waals surface area contributed by atoms with Crippen LogP contribution in [0.5, 0.6) is 11.5 Å². The van der Waals surface area contributed by atoms with Crippen LogP contribution < -0.4 is 25.4 Å². The Kier molecular flexibility index (Phi) is 9.51. The van der Waals surface area contributed by atoms with Gasteiger partial charge in [-0.3, -0.25) is 9.79 Å². The molecule has 0 atom stereocenters. The first-order chi connectivity index (χ1) is 14.6. The van der Waals surface area contributed by atoms with Crippen molar-refractivity contribution in [1.82, 2.24) is 16.0 Å². The highest BCUT2D eigenvalue weighted by Gasteiger charge is 2.06. The number of guanidine groups is 1. The van der Waals surface area contributed by atoms with Gasteiger partial charge >= 0.3 is 0 Å². The average Bonchev–Trinajstić information content (AvgIpc) is 2.77. The second kappa shape index (κ2) is 12.4. The lowest BCUT2D eigenvalue weighted by Gasteiger charge is -2.12. The first kappa shape index (κ1) is 23.1. The van der Waals surface area contributed by atoms with Gasteiger partial charge in [0, 0.05) is 31.7 Å². The number of aryl methyl sites for hydroxylation is 1. The van der Waals surface area contributed by atoms with Gasteiger partial charge in [0.15, 0.2) is 5.96 Å². The molecule has 0 aliphatic rings. The van der Waals surface area contributed by atoms with E-state index in [1.165, 1.54) is 5.56 Å². The number of benzene rings is 2. The van der Waals surface area contributed by atoms with E-state index >= 15 is 0 Å². The van der Waals surface area contributed by atoms with Crippen LogP contribution in [0.4, 0.5) is 0 Å². The maximum atomic E-state index is 12.2. The van der Waals surface area contributed by atoms with Crippen molar-refractivity contribution in [3.8, 4) is 11.5 Å². The number of carbonyl (C=O) groups excluding carboxylic acids is 1. The predicted octanol–water partition coefficient (Wildman–Crippen LogP) is 2.54. The smallest absolute Gasteiger partial charge is 0.251 e. The third kappa shape index (κ3) is 7.31. The lowest BCUT2D eigenvalue weighted by atomic mass is 10.1. The van der Waals surface area contributed by atoms with Crippen molar-refractivity contribution in [1.29, 1.82) is 0 Å². The molecule has 0 heterocycles. The predicted molar refractivity (Wildman–Crippen MR) is 121 cm³/mol. The Bertz CT molecular complexity index is 852. The van der Waals surface area contributed by atoms with Crippen LogP contribution in [0.3, 0.4) is 0 Å². The highest BCUT2D eigenvalue weighted by Crippen LogP contribution is 2.19. The molecule has 2 rings (SSSR count). The number of nitrogens with zero attached hydrogens (tertiary/aromatic N) is 1. The molecule has 0 fully saturated rings. The summed E-state index contributed by atoms with van der Waals surface area (Å²) in [7, 11) is 3.27. The molecule has 0 bridgehead atoms. The molecule has 0 unspecified atom stereocenters. The van der Waals surface area contributed by atoms with Crippen LogP contribution in [0.2, 0.25) is 0 Å². The fourth-order valence-corrected chi connectivity index (χ4v) is 2.88. The Balaban J connectivity index is 1.79. The largest absolute Gasteiger partial charge is 0.497 e. The molecule has 7 nitrogen and oxygen atoms in total. The van der Waals surface area contributed by atoms with E-state index in [1.807, 2.05) is 19.9 Å². The van der Waals surface area contributed by atoms with E-state index in [2.05, 4.69) is 39.1 Å². The number of carbonyl (C=O) groups is 1. The quantitative estimate of drug-likeness (QED) is 0.317. The summed E-state index contributed by atoms with van der Waals surface area (Å²) in [6.45, 7) is 6.52. The topological polar surface area (TPSA) is 84.0 Å². The number of aliphatic imine (C=N–C) groups is 1. The van der Waals surface area contributed by atoms with Crippen molar-refractivity contribution >= 4 is 11.9 Å². The number of ether oxygens (including phenoxy) is 2. The molecule has 2 aromatic carbocycles. The monoisotopic (exact) mass is 412 g/mol. The summed E-state index contributed by atoms with van der Waals surface area (Å²) in [4.78, 5) is 16.8. The third-order valence-corrected chi connectivity index (χ3v) is 4.52. The lowest BCUT2D eigenvalue weighted by molar-refractivity contribution is 0.0954. The number of hydrogen-bond acceptors (Lipinski definition) is 4. The summed E-state index contributed by atoms with van der Waals surface area (Å²) in [5.74, 6) is 2.15. The van der Waals surface area contributed by atoms with Crippen molar-refractivity contribution in [2.75, 3.05) is 40.4 Å². The van der Waals surface area contributed by atoms with Crippen LogP contribution in [-0.4, -0.2) is 52.3 Å². The first-order valence-electron chi connectivity index (χ1n) is 10.1. The molecular formula is C23H32N4O3. The van der Waals surface area contributed by atoms with Crippen molar-refractivity contribution < 1.29 is 14.3 Å². The van der Waals surface area contributed by atoms with E-state index in [1.54, 1.807) is 32.4 Å². The molecule has 2 aromatic rings. The lowest BCUT2D eigenvalue weighted by Crippen LogP contribution is -2.41. The van der Waals surface area contributed by atoms with Crippen molar-refractivity contribution in [3.63, 3.8) is 0 Å². The van der Waals surface area contributed by atoms with E-state index in [0.29, 0.717) is 30.9 Å². The van der Waals surface area contributed by atoms with Crippen LogP contribution in [0.1, 0.15) is 28.4 Å². The Morgan fingerprint density at radius 1 is 1.00 bits per heavy atom. The van der Waals surface area contributed by atoms with Gasteiger partial charge in [0.25, 0.3) is 5.91 Å². The van der Waals surface area contributed by atoms with Gasteiger partial charge in [-0.1, -0.05) is 18.2 Å². The molecule has 3 N–H and O–H groups in total. The van der Waals surface area contributed by atoms with Gasteiger partial charge in [0.05, 0.1) is 14.2 Å². The summed E-state index contributed by atoms with van der Waals surface area (Å²) in [5.41, 5.74) is 2.88. The molecule has 0 spiro atoms. The molecule has 7 heteroatoms. The molecular weight excluding hydrogens is 380 g/mol. The van der Waals surface area contributed by atoms with Crippen molar-refractivity contribution in [2.45, 2.75) is 20.3 Å². The third-order valence-electron chi connectivity index (χ3n) is 4.52. The molecule has 1 amide bonds. The number of amides is 1. The number of methoxy groups -OCH3 is 2. The zero-order valence-electron chi connectivity index (χ0n) is 18.2. The Morgan fingerprint density at radius 3 is 2.53 bits per heavy atom. The summed E-state index contributed by atoms with van der Waals surface area (Å²) in [5, 5.41) is 9.36. The number of hydrogen-bond donors (Lipinski definition) is 3. The van der Waals surface area contributed by atoms with Crippen molar-refractivity contribution in [3.05, 3.63) is 59.2 Å². The highest BCUT2D eigenvalue weighted by molar-refractivity contribution is 5.94. The van der Waals surface area contributed by atoms with Gasteiger partial charge in [-0.2, -0.15) is 0 Å². The fraction of sp³-hybridized carbons (Fsp3) is 0.391. The Labute approximate surface area is 178 Å². The Morgan fingerprint density at radius 2 is 1.80 bits per heavy atom.